The Bertz CT molecular complexity index is 1370. The van der Waals surface area contributed by atoms with Crippen LogP contribution in [0.1, 0.15) is 52.1 Å². The van der Waals surface area contributed by atoms with Crippen molar-refractivity contribution in [2.75, 3.05) is 10.0 Å². The van der Waals surface area contributed by atoms with E-state index in [0.717, 1.165) is 17.5 Å². The molecule has 3 N–H and O–H groups in total. The van der Waals surface area contributed by atoms with Crippen molar-refractivity contribution in [3.8, 4) is 0 Å². The average Bonchev–Trinajstić information content (AvgIpc) is 2.81. The Hall–Kier alpha value is -3.36. The summed E-state index contributed by atoms with van der Waals surface area (Å²) in [6, 6.07) is 16.0. The molecular formula is C26H28ClN3O4S. The minimum absolute atomic E-state index is 0.0207. The van der Waals surface area contributed by atoms with Crippen molar-refractivity contribution in [1.82, 2.24) is 5.32 Å². The maximum atomic E-state index is 13.1. The maximum absolute atomic E-state index is 13.1. The molecule has 0 aliphatic carbocycles. The van der Waals surface area contributed by atoms with Crippen molar-refractivity contribution in [2.45, 2.75) is 45.1 Å². The number of amides is 2. The van der Waals surface area contributed by atoms with Gasteiger partial charge in [-0.2, -0.15) is 0 Å². The van der Waals surface area contributed by atoms with E-state index >= 15 is 0 Å². The predicted octanol–water partition coefficient (Wildman–Crippen LogP) is 5.54. The first-order valence-corrected chi connectivity index (χ1v) is 13.0. The molecule has 7 nitrogen and oxygen atoms in total. The summed E-state index contributed by atoms with van der Waals surface area (Å²) in [5, 5.41) is 5.56. The van der Waals surface area contributed by atoms with Gasteiger partial charge in [0.25, 0.3) is 21.8 Å². The molecule has 3 aromatic rings. The highest BCUT2D eigenvalue weighted by molar-refractivity contribution is 7.92. The smallest absolute Gasteiger partial charge is 0.263 e. The van der Waals surface area contributed by atoms with Crippen LogP contribution in [0.3, 0.4) is 0 Å². The molecule has 3 rings (SSSR count). The lowest BCUT2D eigenvalue weighted by atomic mass is 10.1. The predicted molar refractivity (Wildman–Crippen MR) is 140 cm³/mol. The highest BCUT2D eigenvalue weighted by Crippen LogP contribution is 2.27. The molecule has 0 saturated carbocycles. The van der Waals surface area contributed by atoms with Gasteiger partial charge in [0.15, 0.2) is 0 Å². The largest absolute Gasteiger partial charge is 0.350 e. The Morgan fingerprint density at radius 2 is 1.66 bits per heavy atom. The number of benzene rings is 3. The fourth-order valence-electron chi connectivity index (χ4n) is 3.28. The number of sulfonamides is 1. The summed E-state index contributed by atoms with van der Waals surface area (Å²) < 4.78 is 28.8. The van der Waals surface area contributed by atoms with Gasteiger partial charge in [-0.1, -0.05) is 42.8 Å². The summed E-state index contributed by atoms with van der Waals surface area (Å²) in [5.74, 6) is -0.888. The Labute approximate surface area is 211 Å². The van der Waals surface area contributed by atoms with Crippen molar-refractivity contribution >= 4 is 44.8 Å². The molecular weight excluding hydrogens is 486 g/mol. The Morgan fingerprint density at radius 1 is 0.943 bits per heavy atom. The van der Waals surface area contributed by atoms with Crippen LogP contribution in [0.4, 0.5) is 11.4 Å². The van der Waals surface area contributed by atoms with Crippen molar-refractivity contribution in [1.29, 1.82) is 0 Å². The number of halogens is 1. The molecule has 0 bridgehead atoms. The van der Waals surface area contributed by atoms with Crippen molar-refractivity contribution in [3.63, 3.8) is 0 Å². The molecule has 0 aliphatic rings. The third kappa shape index (κ3) is 6.41. The molecule has 1 atom stereocenters. The molecule has 0 aliphatic heterocycles. The SMILES string of the molecule is CC[C@H](C)NC(=O)c1ccccc1NC(=O)c1ccc(Cl)c(S(=O)(=O)Nc2cc(C)ccc2C)c1. The Kier molecular flexibility index (Phi) is 8.19. The summed E-state index contributed by atoms with van der Waals surface area (Å²) in [6.07, 6.45) is 0.762. The van der Waals surface area contributed by atoms with E-state index in [9.17, 15) is 18.0 Å². The van der Waals surface area contributed by atoms with Crippen LogP contribution in [0.25, 0.3) is 0 Å². The second-order valence-corrected chi connectivity index (χ2v) is 10.4. The molecule has 3 aromatic carbocycles. The fraction of sp³-hybridized carbons (Fsp3) is 0.231. The first-order valence-electron chi connectivity index (χ1n) is 11.1. The van der Waals surface area contributed by atoms with E-state index in [1.54, 1.807) is 37.3 Å². The van der Waals surface area contributed by atoms with Crippen LogP contribution in [0.5, 0.6) is 0 Å². The van der Waals surface area contributed by atoms with Crippen molar-refractivity contribution in [3.05, 3.63) is 87.9 Å². The van der Waals surface area contributed by atoms with Gasteiger partial charge in [0, 0.05) is 11.6 Å². The Morgan fingerprint density at radius 3 is 2.37 bits per heavy atom. The minimum atomic E-state index is -4.08. The van der Waals surface area contributed by atoms with E-state index in [-0.39, 0.29) is 27.4 Å². The van der Waals surface area contributed by atoms with Crippen LogP contribution in [0, 0.1) is 13.8 Å². The molecule has 9 heteroatoms. The van der Waals surface area contributed by atoms with Crippen LogP contribution in [0.15, 0.2) is 65.6 Å². The molecule has 0 heterocycles. The number of aryl methyl sites for hydroxylation is 2. The number of carbonyl (C=O) groups excluding carboxylic acids is 2. The van der Waals surface area contributed by atoms with E-state index in [1.165, 1.54) is 18.2 Å². The van der Waals surface area contributed by atoms with Gasteiger partial charge in [-0.05, 0) is 74.7 Å². The molecule has 184 valence electrons. The summed E-state index contributed by atoms with van der Waals surface area (Å²) >= 11 is 6.21. The van der Waals surface area contributed by atoms with E-state index in [1.807, 2.05) is 32.9 Å². The maximum Gasteiger partial charge on any atom is 0.263 e. The second kappa shape index (κ2) is 10.9. The van der Waals surface area contributed by atoms with Crippen LogP contribution in [-0.2, 0) is 10.0 Å². The van der Waals surface area contributed by atoms with Gasteiger partial charge in [0.1, 0.15) is 4.90 Å². The van der Waals surface area contributed by atoms with Crippen molar-refractivity contribution in [2.24, 2.45) is 0 Å². The van der Waals surface area contributed by atoms with Gasteiger partial charge >= 0.3 is 0 Å². The standard InChI is InChI=1S/C26H28ClN3O4S/c1-5-18(4)28-26(32)20-8-6-7-9-22(20)29-25(31)19-12-13-21(27)24(15-19)35(33,34)30-23-14-16(2)10-11-17(23)3/h6-15,18,30H,5H2,1-4H3,(H,28,32)(H,29,31)/t18-/m0/s1. The van der Waals surface area contributed by atoms with Crippen LogP contribution < -0.4 is 15.4 Å². The zero-order valence-electron chi connectivity index (χ0n) is 20.0. The van der Waals surface area contributed by atoms with Gasteiger partial charge in [-0.3, -0.25) is 14.3 Å². The van der Waals surface area contributed by atoms with Crippen LogP contribution in [0.2, 0.25) is 5.02 Å². The molecule has 0 saturated heterocycles. The topological polar surface area (TPSA) is 104 Å². The summed E-state index contributed by atoms with van der Waals surface area (Å²) in [7, 11) is -4.08. The van der Waals surface area contributed by atoms with Crippen LogP contribution >= 0.6 is 11.6 Å². The van der Waals surface area contributed by atoms with Gasteiger partial charge in [-0.25, -0.2) is 8.42 Å². The molecule has 35 heavy (non-hydrogen) atoms. The second-order valence-electron chi connectivity index (χ2n) is 8.35. The van der Waals surface area contributed by atoms with E-state index < -0.39 is 15.9 Å². The van der Waals surface area contributed by atoms with E-state index in [4.69, 9.17) is 11.6 Å². The molecule has 0 fully saturated rings. The summed E-state index contributed by atoms with van der Waals surface area (Å²) in [4.78, 5) is 25.4. The lowest BCUT2D eigenvalue weighted by Gasteiger charge is -2.15. The quantitative estimate of drug-likeness (QED) is 0.368. The monoisotopic (exact) mass is 513 g/mol. The normalized spacial score (nSPS) is 12.0. The van der Waals surface area contributed by atoms with Crippen LogP contribution in [-0.4, -0.2) is 26.3 Å². The zero-order chi connectivity index (χ0) is 25.8. The Balaban J connectivity index is 1.89. The third-order valence-corrected chi connectivity index (χ3v) is 7.38. The van der Waals surface area contributed by atoms with E-state index in [2.05, 4.69) is 15.4 Å². The number of para-hydroxylation sites is 1. The first kappa shape index (κ1) is 26.2. The number of nitrogens with one attached hydrogen (secondary N) is 3. The molecule has 0 radical (unpaired) electrons. The molecule has 2 amide bonds. The third-order valence-electron chi connectivity index (χ3n) is 5.53. The molecule has 0 unspecified atom stereocenters. The highest BCUT2D eigenvalue weighted by Gasteiger charge is 2.22. The lowest BCUT2D eigenvalue weighted by Crippen LogP contribution is -2.32. The number of carbonyl (C=O) groups is 2. The van der Waals surface area contributed by atoms with E-state index in [0.29, 0.717) is 16.9 Å². The molecule has 0 spiro atoms. The van der Waals surface area contributed by atoms with Gasteiger partial charge < -0.3 is 10.6 Å². The lowest BCUT2D eigenvalue weighted by molar-refractivity contribution is 0.0940. The first-order chi connectivity index (χ1) is 16.5. The number of hydrogen-bond donors (Lipinski definition) is 3. The fourth-order valence-corrected chi connectivity index (χ4v) is 4.93. The number of rotatable bonds is 8. The van der Waals surface area contributed by atoms with Crippen molar-refractivity contribution < 1.29 is 18.0 Å². The summed E-state index contributed by atoms with van der Waals surface area (Å²) in [5.41, 5.74) is 2.76. The minimum Gasteiger partial charge on any atom is -0.350 e. The molecule has 0 aromatic heterocycles. The zero-order valence-corrected chi connectivity index (χ0v) is 21.5. The summed E-state index contributed by atoms with van der Waals surface area (Å²) in [6.45, 7) is 7.49. The number of hydrogen-bond acceptors (Lipinski definition) is 4. The van der Waals surface area contributed by atoms with Gasteiger partial charge in [0.2, 0.25) is 0 Å². The van der Waals surface area contributed by atoms with Gasteiger partial charge in [0.05, 0.1) is 22.0 Å². The average molecular weight is 514 g/mol. The highest BCUT2D eigenvalue weighted by atomic mass is 35.5. The van der Waals surface area contributed by atoms with Gasteiger partial charge in [-0.15, -0.1) is 0 Å². The number of anilines is 2.